The maximum absolute atomic E-state index is 10.7. The molecule has 2 nitrogen and oxygen atoms in total. The molecule has 57 valence electrons. The summed E-state index contributed by atoms with van der Waals surface area (Å²) in [6, 6.07) is 0. The maximum atomic E-state index is 10.7. The molecule has 0 aliphatic carbocycles. The minimum atomic E-state index is -0.0350. The van der Waals surface area contributed by atoms with Crippen LogP contribution in [-0.2, 0) is 9.59 Å². The zero-order valence-electron chi connectivity index (χ0n) is 6.52. The molecule has 0 aromatic heterocycles. The summed E-state index contributed by atoms with van der Waals surface area (Å²) in [5, 5.41) is 0. The van der Waals surface area contributed by atoms with Crippen molar-refractivity contribution < 1.29 is 9.59 Å². The molecule has 0 aromatic rings. The van der Waals surface area contributed by atoms with Crippen LogP contribution in [0.4, 0.5) is 0 Å². The van der Waals surface area contributed by atoms with Crippen LogP contribution < -0.4 is 0 Å². The van der Waals surface area contributed by atoms with E-state index in [0.717, 1.165) is 6.42 Å². The van der Waals surface area contributed by atoms with Gasteiger partial charge >= 0.3 is 0 Å². The van der Waals surface area contributed by atoms with Crippen molar-refractivity contribution in [3.05, 3.63) is 0 Å². The molecule has 0 amide bonds. The number of Topliss-reactive ketones (excluding diaryl/α,β-unsaturated/α-hetero) is 1. The summed E-state index contributed by atoms with van der Waals surface area (Å²) in [5.74, 6) is 0.541. The van der Waals surface area contributed by atoms with E-state index in [-0.39, 0.29) is 12.2 Å². The van der Waals surface area contributed by atoms with Crippen LogP contribution >= 0.6 is 0 Å². The predicted molar refractivity (Wildman–Crippen MR) is 39.4 cm³/mol. The molecule has 0 aromatic carbocycles. The third-order valence-corrected chi connectivity index (χ3v) is 1.27. The molecular weight excluding hydrogens is 128 g/mol. The largest absolute Gasteiger partial charge is 0.299 e. The Morgan fingerprint density at radius 2 is 2.10 bits per heavy atom. The predicted octanol–water partition coefficient (Wildman–Crippen LogP) is 1.49. The van der Waals surface area contributed by atoms with Gasteiger partial charge in [0, 0.05) is 6.42 Å². The van der Waals surface area contributed by atoms with Crippen molar-refractivity contribution in [2.24, 2.45) is 5.92 Å². The zero-order valence-corrected chi connectivity index (χ0v) is 6.52. The van der Waals surface area contributed by atoms with Gasteiger partial charge in [-0.15, -0.1) is 0 Å². The third kappa shape index (κ3) is 5.48. The molecule has 0 saturated heterocycles. The molecule has 0 aliphatic rings. The van der Waals surface area contributed by atoms with E-state index in [1.165, 1.54) is 0 Å². The first-order valence-corrected chi connectivity index (χ1v) is 3.53. The van der Waals surface area contributed by atoms with Crippen molar-refractivity contribution in [1.82, 2.24) is 0 Å². The third-order valence-electron chi connectivity index (χ3n) is 1.27. The molecule has 10 heavy (non-hydrogen) atoms. The van der Waals surface area contributed by atoms with Crippen LogP contribution in [0.3, 0.4) is 0 Å². The number of carbonyl (C=O) groups is 1. The van der Waals surface area contributed by atoms with Gasteiger partial charge in [0.05, 0.1) is 6.42 Å². The highest BCUT2D eigenvalue weighted by Crippen LogP contribution is 2.04. The first kappa shape index (κ1) is 9.34. The highest BCUT2D eigenvalue weighted by atomic mass is 16.1. The molecular formula is C8H13O2. The Labute approximate surface area is 61.6 Å². The molecule has 0 fully saturated rings. The highest BCUT2D eigenvalue weighted by Gasteiger charge is 2.02. The second kappa shape index (κ2) is 5.15. The summed E-state index contributed by atoms with van der Waals surface area (Å²) in [4.78, 5) is 20.4. The SMILES string of the molecule is CC(C)CCC(=O)C[C]=O. The molecule has 0 heterocycles. The Morgan fingerprint density at radius 1 is 1.50 bits per heavy atom. The number of ketones is 1. The van der Waals surface area contributed by atoms with Crippen molar-refractivity contribution in [2.75, 3.05) is 0 Å². The topological polar surface area (TPSA) is 34.1 Å². The van der Waals surface area contributed by atoms with Crippen molar-refractivity contribution in [3.8, 4) is 0 Å². The number of rotatable bonds is 5. The van der Waals surface area contributed by atoms with Crippen LogP contribution in [-0.4, -0.2) is 12.1 Å². The average molecular weight is 141 g/mol. The molecule has 0 spiro atoms. The number of hydrogen-bond acceptors (Lipinski definition) is 2. The van der Waals surface area contributed by atoms with E-state index in [2.05, 4.69) is 13.8 Å². The highest BCUT2D eigenvalue weighted by molar-refractivity contribution is 5.89. The first-order valence-electron chi connectivity index (χ1n) is 3.53. The van der Waals surface area contributed by atoms with Crippen molar-refractivity contribution >= 4 is 12.1 Å². The zero-order chi connectivity index (χ0) is 7.98. The molecule has 0 bridgehead atoms. The monoisotopic (exact) mass is 141 g/mol. The summed E-state index contributed by atoms with van der Waals surface area (Å²) in [6.45, 7) is 4.11. The fraction of sp³-hybridized carbons (Fsp3) is 0.750. The van der Waals surface area contributed by atoms with Crippen LogP contribution in [0.2, 0.25) is 0 Å². The van der Waals surface area contributed by atoms with Gasteiger partial charge in [-0.05, 0) is 12.3 Å². The fourth-order valence-electron chi connectivity index (χ4n) is 0.619. The molecule has 0 unspecified atom stereocenters. The summed E-state index contributed by atoms with van der Waals surface area (Å²) in [7, 11) is 0. The Balaban J connectivity index is 3.30. The van der Waals surface area contributed by atoms with Gasteiger partial charge < -0.3 is 0 Å². The van der Waals surface area contributed by atoms with Gasteiger partial charge in [0.1, 0.15) is 5.78 Å². The molecule has 2 heteroatoms. The Hall–Kier alpha value is -0.660. The van der Waals surface area contributed by atoms with Gasteiger partial charge in [0.2, 0.25) is 6.29 Å². The maximum Gasteiger partial charge on any atom is 0.206 e. The minimum Gasteiger partial charge on any atom is -0.299 e. The number of carbonyl (C=O) groups excluding carboxylic acids is 2. The lowest BCUT2D eigenvalue weighted by molar-refractivity contribution is -0.118. The lowest BCUT2D eigenvalue weighted by Gasteiger charge is -1.99. The molecule has 0 N–H and O–H groups in total. The van der Waals surface area contributed by atoms with Gasteiger partial charge in [-0.1, -0.05) is 13.8 Å². The molecule has 0 rings (SSSR count). The van der Waals surface area contributed by atoms with E-state index in [1.807, 2.05) is 0 Å². The Bertz CT molecular complexity index is 116. The van der Waals surface area contributed by atoms with Crippen LogP contribution in [0, 0.1) is 5.92 Å². The second-order valence-electron chi connectivity index (χ2n) is 2.79. The van der Waals surface area contributed by atoms with Crippen molar-refractivity contribution in [2.45, 2.75) is 33.1 Å². The van der Waals surface area contributed by atoms with Crippen LogP contribution in [0.5, 0.6) is 0 Å². The lowest BCUT2D eigenvalue weighted by Crippen LogP contribution is -2.00. The Morgan fingerprint density at radius 3 is 2.50 bits per heavy atom. The number of hydrogen-bond donors (Lipinski definition) is 0. The van der Waals surface area contributed by atoms with Gasteiger partial charge in [-0.3, -0.25) is 9.59 Å². The summed E-state index contributed by atoms with van der Waals surface area (Å²) in [5.41, 5.74) is 0. The average Bonchev–Trinajstić information content (AvgIpc) is 1.85. The van der Waals surface area contributed by atoms with Crippen LogP contribution in [0.15, 0.2) is 0 Å². The second-order valence-corrected chi connectivity index (χ2v) is 2.79. The van der Waals surface area contributed by atoms with Crippen molar-refractivity contribution in [1.29, 1.82) is 0 Å². The minimum absolute atomic E-state index is 0.00343. The van der Waals surface area contributed by atoms with E-state index >= 15 is 0 Å². The fourth-order valence-corrected chi connectivity index (χ4v) is 0.619. The summed E-state index contributed by atoms with van der Waals surface area (Å²) in [6.07, 6.45) is 2.95. The smallest absolute Gasteiger partial charge is 0.206 e. The van der Waals surface area contributed by atoms with E-state index in [9.17, 15) is 9.59 Å². The van der Waals surface area contributed by atoms with Crippen LogP contribution in [0.1, 0.15) is 33.1 Å². The van der Waals surface area contributed by atoms with E-state index in [4.69, 9.17) is 0 Å². The van der Waals surface area contributed by atoms with E-state index in [1.54, 1.807) is 6.29 Å². The summed E-state index contributed by atoms with van der Waals surface area (Å²) < 4.78 is 0. The standard InChI is InChI=1S/C8H13O2/c1-7(2)3-4-8(10)5-6-9/h7H,3-5H2,1-2H3. The first-order chi connectivity index (χ1) is 4.66. The molecule has 0 saturated carbocycles. The lowest BCUT2D eigenvalue weighted by atomic mass is 10.1. The van der Waals surface area contributed by atoms with Crippen molar-refractivity contribution in [3.63, 3.8) is 0 Å². The van der Waals surface area contributed by atoms with Gasteiger partial charge in [0.15, 0.2) is 0 Å². The van der Waals surface area contributed by atoms with E-state index in [0.29, 0.717) is 12.3 Å². The summed E-state index contributed by atoms with van der Waals surface area (Å²) >= 11 is 0. The Kier molecular flexibility index (Phi) is 4.81. The molecule has 0 atom stereocenters. The van der Waals surface area contributed by atoms with Gasteiger partial charge in [-0.25, -0.2) is 0 Å². The van der Waals surface area contributed by atoms with E-state index < -0.39 is 0 Å². The molecule has 1 radical (unpaired) electrons. The van der Waals surface area contributed by atoms with Crippen LogP contribution in [0.25, 0.3) is 0 Å². The molecule has 0 aliphatic heterocycles. The quantitative estimate of drug-likeness (QED) is 0.543. The normalized spacial score (nSPS) is 9.90. The van der Waals surface area contributed by atoms with Gasteiger partial charge in [-0.2, -0.15) is 0 Å². The van der Waals surface area contributed by atoms with Gasteiger partial charge in [0.25, 0.3) is 0 Å².